The van der Waals surface area contributed by atoms with Crippen molar-refractivity contribution in [3.05, 3.63) is 29.3 Å². The van der Waals surface area contributed by atoms with E-state index in [2.05, 4.69) is 23.5 Å². The highest BCUT2D eigenvalue weighted by molar-refractivity contribution is 8.00. The van der Waals surface area contributed by atoms with Crippen LogP contribution >= 0.6 is 11.8 Å². The van der Waals surface area contributed by atoms with E-state index in [4.69, 9.17) is 4.74 Å². The molecule has 1 atom stereocenters. The Balaban J connectivity index is 1.43. The van der Waals surface area contributed by atoms with Gasteiger partial charge in [-0.2, -0.15) is 0 Å². The zero-order chi connectivity index (χ0) is 13.8. The molecule has 3 nitrogen and oxygen atoms in total. The van der Waals surface area contributed by atoms with Gasteiger partial charge in [0, 0.05) is 18.0 Å². The fourth-order valence-corrected chi connectivity index (χ4v) is 3.66. The third-order valence-corrected chi connectivity index (χ3v) is 4.98. The Kier molecular flexibility index (Phi) is 4.63. The van der Waals surface area contributed by atoms with Crippen LogP contribution in [0.1, 0.15) is 30.4 Å². The van der Waals surface area contributed by atoms with Gasteiger partial charge in [-0.25, -0.2) is 0 Å². The van der Waals surface area contributed by atoms with E-state index in [0.29, 0.717) is 12.3 Å². The first kappa shape index (κ1) is 14.0. The average molecular weight is 291 g/mol. The van der Waals surface area contributed by atoms with Crippen molar-refractivity contribution >= 4 is 17.7 Å². The summed E-state index contributed by atoms with van der Waals surface area (Å²) in [5, 5.41) is 2.96. The van der Waals surface area contributed by atoms with E-state index in [0.717, 1.165) is 19.4 Å². The molecule has 4 heteroatoms. The number of amides is 1. The van der Waals surface area contributed by atoms with Crippen molar-refractivity contribution in [2.45, 2.75) is 43.1 Å². The summed E-state index contributed by atoms with van der Waals surface area (Å²) >= 11 is 1.62. The second kappa shape index (κ2) is 6.64. The van der Waals surface area contributed by atoms with Crippen LogP contribution in [0.4, 0.5) is 0 Å². The van der Waals surface area contributed by atoms with Crippen LogP contribution in [0.5, 0.6) is 0 Å². The van der Waals surface area contributed by atoms with Crippen LogP contribution in [0, 0.1) is 0 Å². The molecule has 20 heavy (non-hydrogen) atoms. The Morgan fingerprint density at radius 3 is 3.05 bits per heavy atom. The molecule has 1 aliphatic heterocycles. The van der Waals surface area contributed by atoms with Crippen LogP contribution < -0.4 is 5.32 Å². The van der Waals surface area contributed by atoms with E-state index < -0.39 is 0 Å². The molecule has 3 rings (SSSR count). The molecule has 1 aromatic carbocycles. The molecule has 1 N–H and O–H groups in total. The molecule has 108 valence electrons. The zero-order valence-corrected chi connectivity index (χ0v) is 12.5. The van der Waals surface area contributed by atoms with Gasteiger partial charge in [0.15, 0.2) is 0 Å². The van der Waals surface area contributed by atoms with E-state index >= 15 is 0 Å². The third kappa shape index (κ3) is 3.55. The molecule has 0 spiro atoms. The summed E-state index contributed by atoms with van der Waals surface area (Å²) in [6.07, 6.45) is 6.08. The van der Waals surface area contributed by atoms with Gasteiger partial charge in [-0.05, 0) is 55.4 Å². The normalized spacial score (nSPS) is 20.9. The topological polar surface area (TPSA) is 38.3 Å². The summed E-state index contributed by atoms with van der Waals surface area (Å²) in [5.74, 6) is 0.594. The minimum atomic E-state index is 0.103. The number of carbonyl (C=O) groups excluding carboxylic acids is 1. The monoisotopic (exact) mass is 291 g/mol. The summed E-state index contributed by atoms with van der Waals surface area (Å²) in [4.78, 5) is 13.0. The first-order chi connectivity index (χ1) is 9.81. The molecule has 1 aromatic rings. The van der Waals surface area contributed by atoms with Gasteiger partial charge in [-0.1, -0.05) is 6.07 Å². The predicted octanol–water partition coefficient (Wildman–Crippen LogP) is 2.56. The summed E-state index contributed by atoms with van der Waals surface area (Å²) in [6.45, 7) is 1.49. The standard InChI is InChI=1S/C16H21NO2S/c18-16(17-10-14-5-2-8-19-14)11-20-15-7-6-12-3-1-4-13(12)9-15/h6-7,9,14H,1-5,8,10-11H2,(H,17,18). The maximum absolute atomic E-state index is 11.8. The average Bonchev–Trinajstić information content (AvgIpc) is 3.13. The lowest BCUT2D eigenvalue weighted by atomic mass is 10.1. The van der Waals surface area contributed by atoms with Gasteiger partial charge >= 0.3 is 0 Å². The molecule has 1 unspecified atom stereocenters. The van der Waals surface area contributed by atoms with Crippen LogP contribution in [-0.2, 0) is 22.4 Å². The van der Waals surface area contributed by atoms with Crippen molar-refractivity contribution in [3.63, 3.8) is 0 Å². The highest BCUT2D eigenvalue weighted by atomic mass is 32.2. The van der Waals surface area contributed by atoms with Gasteiger partial charge in [-0.15, -0.1) is 11.8 Å². The molecular weight excluding hydrogens is 270 g/mol. The summed E-state index contributed by atoms with van der Waals surface area (Å²) in [5.41, 5.74) is 2.95. The van der Waals surface area contributed by atoms with E-state index in [1.54, 1.807) is 11.8 Å². The Bertz CT molecular complexity index is 483. The Hall–Kier alpha value is -1.00. The number of rotatable bonds is 5. The maximum atomic E-state index is 11.8. The largest absolute Gasteiger partial charge is 0.376 e. The van der Waals surface area contributed by atoms with Crippen LogP contribution in [0.3, 0.4) is 0 Å². The number of nitrogens with one attached hydrogen (secondary N) is 1. The third-order valence-electron chi connectivity index (χ3n) is 3.99. The fraction of sp³-hybridized carbons (Fsp3) is 0.562. The van der Waals surface area contributed by atoms with E-state index in [-0.39, 0.29) is 12.0 Å². The van der Waals surface area contributed by atoms with Crippen molar-refractivity contribution in [1.82, 2.24) is 5.32 Å². The number of carbonyl (C=O) groups is 1. The van der Waals surface area contributed by atoms with Gasteiger partial charge in [0.05, 0.1) is 11.9 Å². The van der Waals surface area contributed by atoms with Gasteiger partial charge in [0.2, 0.25) is 5.91 Å². The highest BCUT2D eigenvalue weighted by Gasteiger charge is 2.16. The van der Waals surface area contributed by atoms with Crippen molar-refractivity contribution < 1.29 is 9.53 Å². The Morgan fingerprint density at radius 2 is 2.20 bits per heavy atom. The number of ether oxygens (including phenoxy) is 1. The highest BCUT2D eigenvalue weighted by Crippen LogP contribution is 2.27. The van der Waals surface area contributed by atoms with E-state index in [1.165, 1.54) is 35.3 Å². The van der Waals surface area contributed by atoms with Crippen molar-refractivity contribution in [1.29, 1.82) is 0 Å². The number of thioether (sulfide) groups is 1. The lowest BCUT2D eigenvalue weighted by molar-refractivity contribution is -0.119. The first-order valence-corrected chi connectivity index (χ1v) is 8.43. The number of aryl methyl sites for hydroxylation is 2. The lowest BCUT2D eigenvalue weighted by Crippen LogP contribution is -2.32. The summed E-state index contributed by atoms with van der Waals surface area (Å²) in [7, 11) is 0. The van der Waals surface area contributed by atoms with Crippen LogP contribution in [0.25, 0.3) is 0 Å². The van der Waals surface area contributed by atoms with Crippen LogP contribution in [0.15, 0.2) is 23.1 Å². The van der Waals surface area contributed by atoms with Crippen LogP contribution in [0.2, 0.25) is 0 Å². The van der Waals surface area contributed by atoms with Crippen molar-refractivity contribution in [3.8, 4) is 0 Å². The maximum Gasteiger partial charge on any atom is 0.230 e. The smallest absolute Gasteiger partial charge is 0.230 e. The fourth-order valence-electron chi connectivity index (χ4n) is 2.87. The number of benzene rings is 1. The molecule has 2 aliphatic rings. The number of hydrogen-bond acceptors (Lipinski definition) is 3. The second-order valence-electron chi connectivity index (χ2n) is 5.51. The van der Waals surface area contributed by atoms with E-state index in [1.807, 2.05) is 0 Å². The minimum absolute atomic E-state index is 0.103. The van der Waals surface area contributed by atoms with Gasteiger partial charge in [-0.3, -0.25) is 4.79 Å². The molecular formula is C16H21NO2S. The molecule has 0 saturated carbocycles. The Labute approximate surface area is 124 Å². The molecule has 0 radical (unpaired) electrons. The van der Waals surface area contributed by atoms with Gasteiger partial charge in [0.1, 0.15) is 0 Å². The summed E-state index contributed by atoms with van der Waals surface area (Å²) in [6, 6.07) is 6.61. The zero-order valence-electron chi connectivity index (χ0n) is 11.7. The van der Waals surface area contributed by atoms with Gasteiger partial charge in [0.25, 0.3) is 0 Å². The van der Waals surface area contributed by atoms with Gasteiger partial charge < -0.3 is 10.1 Å². The number of hydrogen-bond donors (Lipinski definition) is 1. The molecule has 1 fully saturated rings. The molecule has 0 bridgehead atoms. The molecule has 1 saturated heterocycles. The Morgan fingerprint density at radius 1 is 1.30 bits per heavy atom. The first-order valence-electron chi connectivity index (χ1n) is 7.44. The second-order valence-corrected chi connectivity index (χ2v) is 6.56. The summed E-state index contributed by atoms with van der Waals surface area (Å²) < 4.78 is 5.49. The molecule has 1 amide bonds. The van der Waals surface area contributed by atoms with E-state index in [9.17, 15) is 4.79 Å². The van der Waals surface area contributed by atoms with Crippen molar-refractivity contribution in [2.75, 3.05) is 18.9 Å². The SMILES string of the molecule is O=C(CSc1ccc2c(c1)CCC2)NCC1CCCO1. The lowest BCUT2D eigenvalue weighted by Gasteiger charge is -2.10. The molecule has 1 aliphatic carbocycles. The molecule has 1 heterocycles. The van der Waals surface area contributed by atoms with Crippen LogP contribution in [-0.4, -0.2) is 30.9 Å². The van der Waals surface area contributed by atoms with Crippen molar-refractivity contribution in [2.24, 2.45) is 0 Å². The number of fused-ring (bicyclic) bond motifs is 1. The predicted molar refractivity (Wildman–Crippen MR) is 81.2 cm³/mol. The quantitative estimate of drug-likeness (QED) is 0.847. The molecule has 0 aromatic heterocycles. The minimum Gasteiger partial charge on any atom is -0.376 e.